The Balaban J connectivity index is 2.27. The second-order valence-corrected chi connectivity index (χ2v) is 7.96. The molecule has 0 bridgehead atoms. The number of aromatic hydroxyl groups is 1. The lowest BCUT2D eigenvalue weighted by molar-refractivity contribution is -0.138. The standard InChI is InChI=1S/C18H24N3O6P/c1-11-4-6-15(7-5-11)27-28(25,21-13(3)18(23)24)26-10-14-9-20-12(2)17(22)16(14)8-19/h4-7,9,13,22H,8,10,19H2,1-3H3,(H,21,25)(H,23,24). The maximum Gasteiger partial charge on any atom is 0.459 e. The van der Waals surface area contributed by atoms with Gasteiger partial charge in [0.25, 0.3) is 0 Å². The lowest BCUT2D eigenvalue weighted by Gasteiger charge is -2.22. The molecular weight excluding hydrogens is 385 g/mol. The summed E-state index contributed by atoms with van der Waals surface area (Å²) < 4.78 is 24.1. The van der Waals surface area contributed by atoms with E-state index in [-0.39, 0.29) is 24.7 Å². The molecule has 0 saturated carbocycles. The maximum absolute atomic E-state index is 13.2. The first-order valence-electron chi connectivity index (χ1n) is 8.53. The predicted octanol–water partition coefficient (Wildman–Crippen LogP) is 2.63. The van der Waals surface area contributed by atoms with Crippen molar-refractivity contribution < 1.29 is 28.6 Å². The van der Waals surface area contributed by atoms with Crippen molar-refractivity contribution in [3.8, 4) is 11.5 Å². The van der Waals surface area contributed by atoms with E-state index >= 15 is 0 Å². The number of aliphatic carboxylic acids is 1. The van der Waals surface area contributed by atoms with Gasteiger partial charge in [-0.2, -0.15) is 5.09 Å². The minimum absolute atomic E-state index is 0.0238. The van der Waals surface area contributed by atoms with Gasteiger partial charge in [-0.3, -0.25) is 14.3 Å². The zero-order chi connectivity index (χ0) is 20.9. The molecule has 0 aliphatic carbocycles. The van der Waals surface area contributed by atoms with Crippen molar-refractivity contribution in [2.75, 3.05) is 0 Å². The zero-order valence-electron chi connectivity index (χ0n) is 15.9. The summed E-state index contributed by atoms with van der Waals surface area (Å²) in [6.07, 6.45) is 1.45. The molecule has 0 fully saturated rings. The van der Waals surface area contributed by atoms with E-state index < -0.39 is 19.8 Å². The van der Waals surface area contributed by atoms with Gasteiger partial charge in [-0.1, -0.05) is 17.7 Å². The summed E-state index contributed by atoms with van der Waals surface area (Å²) in [4.78, 5) is 15.2. The number of nitrogens with one attached hydrogen (secondary N) is 1. The van der Waals surface area contributed by atoms with Crippen LogP contribution in [0.5, 0.6) is 11.5 Å². The van der Waals surface area contributed by atoms with E-state index in [0.717, 1.165) is 5.56 Å². The Hall–Kier alpha value is -2.45. The number of aryl methyl sites for hydroxylation is 2. The predicted molar refractivity (Wildman–Crippen MR) is 103 cm³/mol. The summed E-state index contributed by atoms with van der Waals surface area (Å²) >= 11 is 0. The Labute approximate surface area is 163 Å². The topological polar surface area (TPSA) is 144 Å². The number of aromatic nitrogens is 1. The number of nitrogens with zero attached hydrogens (tertiary/aromatic N) is 1. The van der Waals surface area contributed by atoms with E-state index in [1.165, 1.54) is 13.1 Å². The Morgan fingerprint density at radius 2 is 1.96 bits per heavy atom. The van der Waals surface area contributed by atoms with Crippen LogP contribution in [0.1, 0.15) is 29.3 Å². The smallest absolute Gasteiger partial charge is 0.459 e. The lowest BCUT2D eigenvalue weighted by atomic mass is 10.1. The van der Waals surface area contributed by atoms with Crippen molar-refractivity contribution in [3.05, 3.63) is 52.8 Å². The average molecular weight is 409 g/mol. The first-order chi connectivity index (χ1) is 13.1. The van der Waals surface area contributed by atoms with Crippen molar-refractivity contribution in [3.63, 3.8) is 0 Å². The maximum atomic E-state index is 13.2. The van der Waals surface area contributed by atoms with Crippen LogP contribution >= 0.6 is 7.75 Å². The van der Waals surface area contributed by atoms with Crippen LogP contribution < -0.4 is 15.3 Å². The van der Waals surface area contributed by atoms with Crippen molar-refractivity contribution in [2.45, 2.75) is 40.0 Å². The zero-order valence-corrected chi connectivity index (χ0v) is 16.8. The second-order valence-electron chi connectivity index (χ2n) is 6.26. The monoisotopic (exact) mass is 409 g/mol. The summed E-state index contributed by atoms with van der Waals surface area (Å²) in [5.41, 5.74) is 7.88. The third-order valence-corrected chi connectivity index (χ3v) is 5.62. The SMILES string of the molecule is Cc1ccc(OP(=O)(NC(C)C(=O)O)OCc2cnc(C)c(O)c2CN)cc1. The minimum atomic E-state index is -4.07. The average Bonchev–Trinajstić information content (AvgIpc) is 2.64. The van der Waals surface area contributed by atoms with Gasteiger partial charge in [-0.15, -0.1) is 0 Å². The Morgan fingerprint density at radius 1 is 1.32 bits per heavy atom. The quantitative estimate of drug-likeness (QED) is 0.459. The molecule has 0 aliphatic heterocycles. The molecule has 2 atom stereocenters. The van der Waals surface area contributed by atoms with Gasteiger partial charge in [0.2, 0.25) is 0 Å². The van der Waals surface area contributed by atoms with Crippen molar-refractivity contribution in [1.29, 1.82) is 0 Å². The molecule has 1 aromatic carbocycles. The highest BCUT2D eigenvalue weighted by molar-refractivity contribution is 7.52. The van der Waals surface area contributed by atoms with Gasteiger partial charge >= 0.3 is 13.7 Å². The fourth-order valence-corrected chi connectivity index (χ4v) is 3.78. The summed E-state index contributed by atoms with van der Waals surface area (Å²) in [5.74, 6) is -1.03. The molecule has 1 heterocycles. The number of carboxylic acids is 1. The highest BCUT2D eigenvalue weighted by Gasteiger charge is 2.32. The third kappa shape index (κ3) is 5.53. The van der Waals surface area contributed by atoms with Gasteiger partial charge in [0.1, 0.15) is 17.5 Å². The van der Waals surface area contributed by atoms with Gasteiger partial charge in [-0.05, 0) is 32.9 Å². The molecule has 0 aliphatic rings. The molecule has 1 aromatic heterocycles. The molecule has 5 N–H and O–H groups in total. The fraction of sp³-hybridized carbons (Fsp3) is 0.333. The molecule has 0 amide bonds. The summed E-state index contributed by atoms with van der Waals surface area (Å²) in [6, 6.07) is 5.53. The second kappa shape index (κ2) is 9.16. The summed E-state index contributed by atoms with van der Waals surface area (Å²) in [6.45, 7) is 4.60. The van der Waals surface area contributed by atoms with Crippen LogP contribution in [0.3, 0.4) is 0 Å². The van der Waals surface area contributed by atoms with Crippen LogP contribution in [0.15, 0.2) is 30.5 Å². The van der Waals surface area contributed by atoms with E-state index in [1.807, 2.05) is 6.92 Å². The van der Waals surface area contributed by atoms with Crippen LogP contribution in [-0.2, 0) is 27.0 Å². The highest BCUT2D eigenvalue weighted by Crippen LogP contribution is 2.46. The first-order valence-corrected chi connectivity index (χ1v) is 10.1. The van der Waals surface area contributed by atoms with E-state index in [2.05, 4.69) is 10.1 Å². The van der Waals surface area contributed by atoms with Crippen LogP contribution in [0.2, 0.25) is 0 Å². The Morgan fingerprint density at radius 3 is 2.54 bits per heavy atom. The van der Waals surface area contributed by atoms with Gasteiger partial charge in [-0.25, -0.2) is 4.57 Å². The summed E-state index contributed by atoms with van der Waals surface area (Å²) in [5, 5.41) is 21.6. The molecule has 2 rings (SSSR count). The summed E-state index contributed by atoms with van der Waals surface area (Å²) in [7, 11) is -4.07. The molecule has 10 heteroatoms. The molecule has 0 saturated heterocycles. The van der Waals surface area contributed by atoms with E-state index in [4.69, 9.17) is 19.9 Å². The van der Waals surface area contributed by atoms with Gasteiger partial charge in [0, 0.05) is 23.9 Å². The molecule has 9 nitrogen and oxygen atoms in total. The first kappa shape index (κ1) is 21.8. The number of hydrogen-bond donors (Lipinski definition) is 4. The Bertz CT molecular complexity index is 888. The molecule has 2 unspecified atom stereocenters. The number of carbonyl (C=O) groups is 1. The molecule has 152 valence electrons. The minimum Gasteiger partial charge on any atom is -0.506 e. The van der Waals surface area contributed by atoms with Crippen molar-refractivity contribution in [1.82, 2.24) is 10.1 Å². The number of rotatable bonds is 9. The fourth-order valence-electron chi connectivity index (χ4n) is 2.31. The van der Waals surface area contributed by atoms with Crippen molar-refractivity contribution in [2.24, 2.45) is 5.73 Å². The van der Waals surface area contributed by atoms with Crippen LogP contribution in [0.4, 0.5) is 0 Å². The number of nitrogens with two attached hydrogens (primary N) is 1. The van der Waals surface area contributed by atoms with E-state index in [1.54, 1.807) is 31.2 Å². The number of pyridine rings is 1. The number of hydrogen-bond acceptors (Lipinski definition) is 7. The van der Waals surface area contributed by atoms with Gasteiger partial charge in [0.05, 0.1) is 12.3 Å². The van der Waals surface area contributed by atoms with Crippen molar-refractivity contribution >= 4 is 13.7 Å². The Kier molecular flexibility index (Phi) is 7.15. The third-order valence-electron chi connectivity index (χ3n) is 3.99. The van der Waals surface area contributed by atoms with Crippen LogP contribution in [0.25, 0.3) is 0 Å². The highest BCUT2D eigenvalue weighted by atomic mass is 31.2. The van der Waals surface area contributed by atoms with Gasteiger partial charge in [0.15, 0.2) is 0 Å². The van der Waals surface area contributed by atoms with Crippen LogP contribution in [-0.4, -0.2) is 27.2 Å². The molecule has 28 heavy (non-hydrogen) atoms. The number of benzene rings is 1. The van der Waals surface area contributed by atoms with Crippen LogP contribution in [0, 0.1) is 13.8 Å². The number of carboxylic acid groups (broad SMARTS) is 1. The van der Waals surface area contributed by atoms with E-state index in [0.29, 0.717) is 16.8 Å². The molecule has 0 spiro atoms. The molecular formula is C18H24N3O6P. The molecule has 0 radical (unpaired) electrons. The molecule has 2 aromatic rings. The largest absolute Gasteiger partial charge is 0.506 e. The van der Waals surface area contributed by atoms with E-state index in [9.17, 15) is 14.5 Å². The normalized spacial score (nSPS) is 14.3. The van der Waals surface area contributed by atoms with Gasteiger partial charge < -0.3 is 20.5 Å². The lowest BCUT2D eigenvalue weighted by Crippen LogP contribution is -2.33.